The number of nitro groups is 1. The zero-order valence-corrected chi connectivity index (χ0v) is 13.3. The molecule has 0 unspecified atom stereocenters. The number of imide groups is 1. The number of carbonyl (C=O) groups is 2. The minimum atomic E-state index is -0.815. The lowest BCUT2D eigenvalue weighted by Gasteiger charge is -2.23. The third-order valence-corrected chi connectivity index (χ3v) is 3.56. The van der Waals surface area contributed by atoms with Crippen LogP contribution in [-0.4, -0.2) is 27.4 Å². The molecule has 1 aliphatic heterocycles. The summed E-state index contributed by atoms with van der Waals surface area (Å²) >= 11 is 3.24. The number of nitro benzene ring substituents is 1. The van der Waals surface area contributed by atoms with E-state index in [1.54, 1.807) is 20.8 Å². The predicted octanol–water partition coefficient (Wildman–Crippen LogP) is 3.25. The molecule has 2 rings (SSSR count). The van der Waals surface area contributed by atoms with Gasteiger partial charge in [0.2, 0.25) is 0 Å². The smallest absolute Gasteiger partial charge is 0.417 e. The summed E-state index contributed by atoms with van der Waals surface area (Å²) in [5.41, 5.74) is -0.723. The summed E-state index contributed by atoms with van der Waals surface area (Å²) in [6, 6.07) is 2.72. The number of amides is 2. The van der Waals surface area contributed by atoms with Crippen molar-refractivity contribution in [1.82, 2.24) is 4.90 Å². The van der Waals surface area contributed by atoms with Crippen LogP contribution in [-0.2, 0) is 11.3 Å². The Hall–Kier alpha value is -1.96. The molecule has 0 bridgehead atoms. The van der Waals surface area contributed by atoms with E-state index in [0.29, 0.717) is 10.0 Å². The van der Waals surface area contributed by atoms with Gasteiger partial charge in [-0.25, -0.2) is 9.69 Å². The molecule has 1 heterocycles. The maximum absolute atomic E-state index is 12.3. The van der Waals surface area contributed by atoms with E-state index in [-0.39, 0.29) is 17.8 Å². The largest absolute Gasteiger partial charge is 0.443 e. The monoisotopic (exact) mass is 356 g/mol. The van der Waals surface area contributed by atoms with E-state index in [1.807, 2.05) is 0 Å². The molecule has 0 radical (unpaired) electrons. The lowest BCUT2D eigenvalue weighted by atomic mass is 10.1. The number of hydrogen-bond acceptors (Lipinski definition) is 5. The SMILES string of the molecule is CC(C)(C)OC(=O)N1Cc2c(Br)ccc([N+](=O)[O-])c2C1=O. The molecule has 0 fully saturated rings. The molecule has 1 aromatic carbocycles. The molecule has 0 aliphatic carbocycles. The van der Waals surface area contributed by atoms with Crippen LogP contribution in [0.4, 0.5) is 10.5 Å². The van der Waals surface area contributed by atoms with E-state index in [4.69, 9.17) is 4.74 Å². The van der Waals surface area contributed by atoms with E-state index >= 15 is 0 Å². The van der Waals surface area contributed by atoms with Crippen molar-refractivity contribution in [1.29, 1.82) is 0 Å². The Kier molecular flexibility index (Phi) is 3.75. The number of fused-ring (bicyclic) bond motifs is 1. The highest BCUT2D eigenvalue weighted by Gasteiger charge is 2.40. The highest BCUT2D eigenvalue weighted by molar-refractivity contribution is 9.10. The molecule has 21 heavy (non-hydrogen) atoms. The van der Waals surface area contributed by atoms with Crippen LogP contribution in [0.25, 0.3) is 0 Å². The molecule has 112 valence electrons. The Morgan fingerprint density at radius 2 is 2.05 bits per heavy atom. The van der Waals surface area contributed by atoms with Crippen LogP contribution in [0.5, 0.6) is 0 Å². The van der Waals surface area contributed by atoms with Gasteiger partial charge in [-0.1, -0.05) is 15.9 Å². The molecule has 7 nitrogen and oxygen atoms in total. The van der Waals surface area contributed by atoms with Crippen LogP contribution in [0.1, 0.15) is 36.7 Å². The van der Waals surface area contributed by atoms with Crippen molar-refractivity contribution in [3.05, 3.63) is 37.8 Å². The lowest BCUT2D eigenvalue weighted by molar-refractivity contribution is -0.385. The van der Waals surface area contributed by atoms with Gasteiger partial charge in [0.25, 0.3) is 11.6 Å². The van der Waals surface area contributed by atoms with Crippen molar-refractivity contribution in [3.63, 3.8) is 0 Å². The molecule has 0 aromatic heterocycles. The van der Waals surface area contributed by atoms with Gasteiger partial charge < -0.3 is 4.74 Å². The van der Waals surface area contributed by atoms with E-state index in [9.17, 15) is 19.7 Å². The van der Waals surface area contributed by atoms with Gasteiger partial charge in [-0.2, -0.15) is 0 Å². The van der Waals surface area contributed by atoms with Crippen LogP contribution in [0.15, 0.2) is 16.6 Å². The molecule has 1 aliphatic rings. The molecule has 2 amide bonds. The normalized spacial score (nSPS) is 14.1. The van der Waals surface area contributed by atoms with Gasteiger partial charge >= 0.3 is 6.09 Å². The lowest BCUT2D eigenvalue weighted by Crippen LogP contribution is -2.37. The summed E-state index contributed by atoms with van der Waals surface area (Å²) in [6.07, 6.45) is -0.815. The standard InChI is InChI=1S/C13H13BrN2O5/c1-13(2,3)21-12(18)15-6-7-8(14)4-5-9(16(19)20)10(7)11(15)17/h4-5H,6H2,1-3H3. The number of carbonyl (C=O) groups excluding carboxylic acids is 2. The predicted molar refractivity (Wildman–Crippen MR) is 76.9 cm³/mol. The van der Waals surface area contributed by atoms with Crippen molar-refractivity contribution < 1.29 is 19.2 Å². The van der Waals surface area contributed by atoms with E-state index < -0.39 is 22.5 Å². The fraction of sp³-hybridized carbons (Fsp3) is 0.385. The number of halogens is 1. The number of hydrogen-bond donors (Lipinski definition) is 0. The van der Waals surface area contributed by atoms with E-state index in [0.717, 1.165) is 4.90 Å². The Bertz CT molecular complexity index is 651. The average molecular weight is 357 g/mol. The number of rotatable bonds is 1. The molecule has 0 saturated carbocycles. The van der Waals surface area contributed by atoms with Crippen LogP contribution in [0, 0.1) is 10.1 Å². The topological polar surface area (TPSA) is 89.8 Å². The van der Waals surface area contributed by atoms with Crippen molar-refractivity contribution in [2.24, 2.45) is 0 Å². The Morgan fingerprint density at radius 3 is 2.57 bits per heavy atom. The summed E-state index contributed by atoms with van der Waals surface area (Å²) in [6.45, 7) is 4.98. The van der Waals surface area contributed by atoms with Crippen LogP contribution in [0.2, 0.25) is 0 Å². The fourth-order valence-corrected chi connectivity index (χ4v) is 2.44. The average Bonchev–Trinajstić information content (AvgIpc) is 2.67. The fourth-order valence-electron chi connectivity index (χ4n) is 1.98. The Morgan fingerprint density at radius 1 is 1.43 bits per heavy atom. The summed E-state index contributed by atoms with van der Waals surface area (Å²) in [5.74, 6) is -0.716. The van der Waals surface area contributed by atoms with Crippen molar-refractivity contribution >= 4 is 33.6 Å². The second-order valence-corrected chi connectivity index (χ2v) is 6.40. The first-order valence-corrected chi connectivity index (χ1v) is 6.91. The molecule has 1 aromatic rings. The van der Waals surface area contributed by atoms with Crippen molar-refractivity contribution in [3.8, 4) is 0 Å². The van der Waals surface area contributed by atoms with Gasteiger partial charge in [-0.05, 0) is 26.8 Å². The second kappa shape index (κ2) is 5.10. The van der Waals surface area contributed by atoms with Crippen molar-refractivity contribution in [2.45, 2.75) is 32.9 Å². The van der Waals surface area contributed by atoms with E-state index in [1.165, 1.54) is 12.1 Å². The highest BCUT2D eigenvalue weighted by atomic mass is 79.9. The highest BCUT2D eigenvalue weighted by Crippen LogP contribution is 2.36. The maximum atomic E-state index is 12.3. The van der Waals surface area contributed by atoms with Crippen LogP contribution in [0.3, 0.4) is 0 Å². The van der Waals surface area contributed by atoms with Gasteiger partial charge in [0.15, 0.2) is 0 Å². The number of ether oxygens (including phenoxy) is 1. The minimum Gasteiger partial charge on any atom is -0.443 e. The molecule has 0 atom stereocenters. The Labute approximate surface area is 129 Å². The van der Waals surface area contributed by atoms with E-state index in [2.05, 4.69) is 15.9 Å². The maximum Gasteiger partial charge on any atom is 0.417 e. The third-order valence-electron chi connectivity index (χ3n) is 2.82. The van der Waals surface area contributed by atoms with Gasteiger partial charge in [-0.15, -0.1) is 0 Å². The van der Waals surface area contributed by atoms with Gasteiger partial charge in [-0.3, -0.25) is 14.9 Å². The van der Waals surface area contributed by atoms with Gasteiger partial charge in [0.1, 0.15) is 11.2 Å². The third kappa shape index (κ3) is 2.90. The first kappa shape index (κ1) is 15.4. The summed E-state index contributed by atoms with van der Waals surface area (Å²) < 4.78 is 5.69. The molecule has 0 saturated heterocycles. The summed E-state index contributed by atoms with van der Waals surface area (Å²) in [4.78, 5) is 35.6. The molecule has 0 spiro atoms. The number of nitrogens with zero attached hydrogens (tertiary/aromatic N) is 2. The van der Waals surface area contributed by atoms with Gasteiger partial charge in [0, 0.05) is 16.1 Å². The summed E-state index contributed by atoms with van der Waals surface area (Å²) in [7, 11) is 0. The first-order valence-electron chi connectivity index (χ1n) is 6.12. The Balaban J connectivity index is 2.41. The second-order valence-electron chi connectivity index (χ2n) is 5.55. The zero-order valence-electron chi connectivity index (χ0n) is 11.7. The first-order chi connectivity index (χ1) is 9.61. The van der Waals surface area contributed by atoms with Crippen LogP contribution >= 0.6 is 15.9 Å². The van der Waals surface area contributed by atoms with Gasteiger partial charge in [0.05, 0.1) is 11.5 Å². The zero-order chi connectivity index (χ0) is 15.9. The van der Waals surface area contributed by atoms with Crippen LogP contribution < -0.4 is 0 Å². The molecule has 8 heteroatoms. The minimum absolute atomic E-state index is 0.0503. The summed E-state index contributed by atoms with van der Waals surface area (Å²) in [5, 5.41) is 11.0. The quantitative estimate of drug-likeness (QED) is 0.569. The number of benzene rings is 1. The molecule has 0 N–H and O–H groups in total. The molecular formula is C13H13BrN2O5. The molecular weight excluding hydrogens is 344 g/mol. The van der Waals surface area contributed by atoms with Crippen molar-refractivity contribution in [2.75, 3.05) is 0 Å².